The Morgan fingerprint density at radius 2 is 2.05 bits per heavy atom. The molecule has 2 rings (SSSR count). The minimum absolute atomic E-state index is 0.104. The summed E-state index contributed by atoms with van der Waals surface area (Å²) in [6.07, 6.45) is 1.31. The lowest BCUT2D eigenvalue weighted by Gasteiger charge is -2.10. The number of fused-ring (bicyclic) bond motifs is 1. The van der Waals surface area contributed by atoms with Gasteiger partial charge in [-0.1, -0.05) is 6.07 Å². The summed E-state index contributed by atoms with van der Waals surface area (Å²) >= 11 is 0. The Kier molecular flexibility index (Phi) is 5.05. The molecule has 0 aliphatic heterocycles. The molecule has 1 aromatic heterocycles. The zero-order valence-corrected chi connectivity index (χ0v) is 11.8. The Bertz CT molecular complexity index is 661. The van der Waals surface area contributed by atoms with E-state index in [2.05, 4.69) is 0 Å². The average Bonchev–Trinajstić information content (AvgIpc) is 2.48. The Balaban J connectivity index is 2.38. The van der Waals surface area contributed by atoms with Gasteiger partial charge in [-0.2, -0.15) is 0 Å². The Labute approximate surface area is 121 Å². The van der Waals surface area contributed by atoms with E-state index in [1.54, 1.807) is 25.1 Å². The van der Waals surface area contributed by atoms with E-state index in [-0.39, 0.29) is 30.3 Å². The monoisotopic (exact) mass is 294 g/mol. The molecule has 0 radical (unpaired) electrons. The predicted molar refractivity (Wildman–Crippen MR) is 77.1 cm³/mol. The standard InChI is InChI=1S/C15H18O6/c1-2-19-14-12(17)10-6-5-7-11(13(10)21-15(14)18)20-9-4-3-8-16/h5-7,16-17H,2-4,8-9H2,1H3. The first kappa shape index (κ1) is 15.2. The van der Waals surface area contributed by atoms with Crippen molar-refractivity contribution in [2.45, 2.75) is 19.8 Å². The van der Waals surface area contributed by atoms with Crippen LogP contribution in [0.25, 0.3) is 11.0 Å². The molecule has 0 bridgehead atoms. The first-order valence-electron chi connectivity index (χ1n) is 6.84. The number of hydrogen-bond acceptors (Lipinski definition) is 6. The molecule has 1 aromatic carbocycles. The van der Waals surface area contributed by atoms with Gasteiger partial charge in [-0.3, -0.25) is 0 Å². The molecule has 6 nitrogen and oxygen atoms in total. The van der Waals surface area contributed by atoms with Crippen molar-refractivity contribution >= 4 is 11.0 Å². The zero-order valence-electron chi connectivity index (χ0n) is 11.8. The lowest BCUT2D eigenvalue weighted by molar-refractivity contribution is 0.252. The zero-order chi connectivity index (χ0) is 15.2. The summed E-state index contributed by atoms with van der Waals surface area (Å²) in [5.41, 5.74) is -0.555. The normalized spacial score (nSPS) is 10.8. The van der Waals surface area contributed by atoms with Crippen molar-refractivity contribution in [1.82, 2.24) is 0 Å². The number of unbranched alkanes of at least 4 members (excludes halogenated alkanes) is 1. The number of rotatable bonds is 7. The lowest BCUT2D eigenvalue weighted by atomic mass is 10.2. The fraction of sp³-hybridized carbons (Fsp3) is 0.400. The van der Waals surface area contributed by atoms with Crippen molar-refractivity contribution in [1.29, 1.82) is 0 Å². The van der Waals surface area contributed by atoms with Crippen LogP contribution in [0.15, 0.2) is 27.4 Å². The number of benzene rings is 1. The van der Waals surface area contributed by atoms with Gasteiger partial charge in [-0.05, 0) is 31.9 Å². The summed E-state index contributed by atoms with van der Waals surface area (Å²) in [6.45, 7) is 2.45. The number of aliphatic hydroxyl groups excluding tert-OH is 1. The molecule has 0 spiro atoms. The van der Waals surface area contributed by atoms with E-state index in [9.17, 15) is 9.90 Å². The molecule has 2 N–H and O–H groups in total. The van der Waals surface area contributed by atoms with Crippen molar-refractivity contribution in [3.63, 3.8) is 0 Å². The van der Waals surface area contributed by atoms with Gasteiger partial charge in [0, 0.05) is 6.61 Å². The van der Waals surface area contributed by atoms with Crippen molar-refractivity contribution in [3.05, 3.63) is 28.6 Å². The van der Waals surface area contributed by atoms with Crippen molar-refractivity contribution in [3.8, 4) is 17.2 Å². The van der Waals surface area contributed by atoms with Gasteiger partial charge >= 0.3 is 5.63 Å². The second kappa shape index (κ2) is 6.99. The maximum absolute atomic E-state index is 11.8. The van der Waals surface area contributed by atoms with E-state index in [1.165, 1.54) is 0 Å². The Hall–Kier alpha value is -2.21. The highest BCUT2D eigenvalue weighted by atomic mass is 16.5. The summed E-state index contributed by atoms with van der Waals surface area (Å²) in [5.74, 6) is -0.0628. The molecule has 0 atom stereocenters. The quantitative estimate of drug-likeness (QED) is 0.600. The number of aromatic hydroxyl groups is 1. The fourth-order valence-electron chi connectivity index (χ4n) is 1.95. The van der Waals surface area contributed by atoms with Gasteiger partial charge in [0.25, 0.3) is 0 Å². The van der Waals surface area contributed by atoms with Gasteiger partial charge in [-0.15, -0.1) is 0 Å². The molecule has 0 fully saturated rings. The van der Waals surface area contributed by atoms with Crippen molar-refractivity contribution in [2.75, 3.05) is 19.8 Å². The first-order chi connectivity index (χ1) is 10.2. The van der Waals surface area contributed by atoms with Crippen LogP contribution in [-0.2, 0) is 0 Å². The molecule has 0 amide bonds. The van der Waals surface area contributed by atoms with E-state index < -0.39 is 5.63 Å². The number of ether oxygens (including phenoxy) is 2. The molecular formula is C15H18O6. The molecule has 0 aliphatic rings. The second-order valence-corrected chi connectivity index (χ2v) is 4.41. The summed E-state index contributed by atoms with van der Waals surface area (Å²) in [5, 5.41) is 19.2. The van der Waals surface area contributed by atoms with Gasteiger partial charge in [0.1, 0.15) is 0 Å². The maximum Gasteiger partial charge on any atom is 0.383 e. The summed E-state index contributed by atoms with van der Waals surface area (Å²) < 4.78 is 15.8. The van der Waals surface area contributed by atoms with Crippen LogP contribution in [0, 0.1) is 0 Å². The number of para-hydroxylation sites is 1. The third-order valence-electron chi connectivity index (χ3n) is 2.93. The van der Waals surface area contributed by atoms with Crippen LogP contribution >= 0.6 is 0 Å². The summed E-state index contributed by atoms with van der Waals surface area (Å²) in [6, 6.07) is 4.97. The molecule has 0 unspecified atom stereocenters. The predicted octanol–water partition coefficient (Wildman–Crippen LogP) is 2.05. The maximum atomic E-state index is 11.8. The van der Waals surface area contributed by atoms with Crippen molar-refractivity contribution < 1.29 is 24.1 Å². The molecule has 0 aliphatic carbocycles. The molecule has 0 saturated carbocycles. The van der Waals surface area contributed by atoms with E-state index >= 15 is 0 Å². The largest absolute Gasteiger partial charge is 0.504 e. The van der Waals surface area contributed by atoms with Crippen LogP contribution in [0.5, 0.6) is 17.2 Å². The van der Waals surface area contributed by atoms with Crippen molar-refractivity contribution in [2.24, 2.45) is 0 Å². The van der Waals surface area contributed by atoms with Crippen LogP contribution < -0.4 is 15.1 Å². The van der Waals surface area contributed by atoms with Gasteiger partial charge in [0.2, 0.25) is 5.75 Å². The van der Waals surface area contributed by atoms with E-state index in [0.717, 1.165) is 0 Å². The molecule has 0 saturated heterocycles. The topological polar surface area (TPSA) is 89.1 Å². The SMILES string of the molecule is CCOc1c(O)c2cccc(OCCCCO)c2oc1=O. The molecule has 6 heteroatoms. The molecule has 114 valence electrons. The highest BCUT2D eigenvalue weighted by molar-refractivity contribution is 5.89. The van der Waals surface area contributed by atoms with Gasteiger partial charge < -0.3 is 24.1 Å². The second-order valence-electron chi connectivity index (χ2n) is 4.41. The first-order valence-corrected chi connectivity index (χ1v) is 6.84. The van der Waals surface area contributed by atoms with Crippen LogP contribution in [0.4, 0.5) is 0 Å². The Morgan fingerprint density at radius 3 is 2.76 bits per heavy atom. The Morgan fingerprint density at radius 1 is 1.24 bits per heavy atom. The highest BCUT2D eigenvalue weighted by Gasteiger charge is 2.17. The average molecular weight is 294 g/mol. The smallest absolute Gasteiger partial charge is 0.383 e. The molecule has 1 heterocycles. The van der Waals surface area contributed by atoms with Crippen LogP contribution in [0.2, 0.25) is 0 Å². The summed E-state index contributed by atoms with van der Waals surface area (Å²) in [4.78, 5) is 11.8. The van der Waals surface area contributed by atoms with E-state index in [1.807, 2.05) is 0 Å². The number of hydrogen-bond donors (Lipinski definition) is 2. The van der Waals surface area contributed by atoms with Gasteiger partial charge in [0.15, 0.2) is 17.1 Å². The van der Waals surface area contributed by atoms with Gasteiger partial charge in [0.05, 0.1) is 18.6 Å². The van der Waals surface area contributed by atoms with E-state index in [0.29, 0.717) is 30.6 Å². The molecular weight excluding hydrogens is 276 g/mol. The van der Waals surface area contributed by atoms with Crippen LogP contribution in [-0.4, -0.2) is 30.0 Å². The molecule has 2 aromatic rings. The number of aliphatic hydroxyl groups is 1. The third-order valence-corrected chi connectivity index (χ3v) is 2.93. The van der Waals surface area contributed by atoms with E-state index in [4.69, 9.17) is 19.0 Å². The van der Waals surface area contributed by atoms with Gasteiger partial charge in [-0.25, -0.2) is 4.79 Å². The fourth-order valence-corrected chi connectivity index (χ4v) is 1.95. The molecule has 21 heavy (non-hydrogen) atoms. The minimum atomic E-state index is -0.742. The van der Waals surface area contributed by atoms with Crippen LogP contribution in [0.1, 0.15) is 19.8 Å². The third kappa shape index (κ3) is 3.28. The summed E-state index contributed by atoms with van der Waals surface area (Å²) in [7, 11) is 0. The van der Waals surface area contributed by atoms with Crippen LogP contribution in [0.3, 0.4) is 0 Å². The lowest BCUT2D eigenvalue weighted by Crippen LogP contribution is -2.07. The highest BCUT2D eigenvalue weighted by Crippen LogP contribution is 2.35. The minimum Gasteiger partial charge on any atom is -0.504 e.